The van der Waals surface area contributed by atoms with Crippen LogP contribution in [-0.4, -0.2) is 23.1 Å². The number of alkyl halides is 3. The third-order valence-corrected chi connectivity index (χ3v) is 5.05. The third-order valence-electron chi connectivity index (χ3n) is 4.01. The molecular weight excluding hydrogens is 341 g/mol. The number of Topliss-reactive ketones (excluding diaryl/α,β-unsaturated/α-hetero) is 3. The molecule has 0 heterocycles. The Morgan fingerprint density at radius 2 is 1.67 bits per heavy atom. The molecule has 1 saturated carbocycles. The molecule has 0 atom stereocenters. The van der Waals surface area contributed by atoms with Crippen molar-refractivity contribution in [2.45, 2.75) is 37.3 Å². The van der Waals surface area contributed by atoms with Gasteiger partial charge in [0.1, 0.15) is 11.7 Å². The maximum Gasteiger partial charge on any atom is 0.416 e. The largest absolute Gasteiger partial charge is 0.416 e. The Hall–Kier alpha value is -1.63. The minimum Gasteiger partial charge on any atom is -0.299 e. The zero-order valence-corrected chi connectivity index (χ0v) is 13.9. The van der Waals surface area contributed by atoms with E-state index in [1.807, 2.05) is 0 Å². The predicted octanol–water partition coefficient (Wildman–Crippen LogP) is 3.94. The molecule has 0 aliphatic heterocycles. The Balaban J connectivity index is 1.84. The lowest BCUT2D eigenvalue weighted by Gasteiger charge is -2.24. The Kier molecular flexibility index (Phi) is 5.85. The molecule has 0 aromatic heterocycles. The standard InChI is InChI=1S/C17H17F3O3S/c1-10(21)16-14(22)8-11(9-15(16)23)6-7-24-13-4-2-12(3-5-13)17(18,19)20/h2-5,11,16H,6-9H2,1H3. The molecule has 3 nitrogen and oxygen atoms in total. The van der Waals surface area contributed by atoms with Crippen LogP contribution in [0.1, 0.15) is 31.7 Å². The summed E-state index contributed by atoms with van der Waals surface area (Å²) in [5.74, 6) is -1.62. The molecule has 0 spiro atoms. The molecule has 0 bridgehead atoms. The van der Waals surface area contributed by atoms with Crippen LogP contribution in [0.25, 0.3) is 0 Å². The van der Waals surface area contributed by atoms with E-state index in [1.165, 1.54) is 30.8 Å². The molecule has 1 aliphatic carbocycles. The van der Waals surface area contributed by atoms with Gasteiger partial charge in [-0.15, -0.1) is 11.8 Å². The lowest BCUT2D eigenvalue weighted by atomic mass is 9.77. The Morgan fingerprint density at radius 1 is 1.12 bits per heavy atom. The van der Waals surface area contributed by atoms with Crippen molar-refractivity contribution in [3.8, 4) is 0 Å². The van der Waals surface area contributed by atoms with Gasteiger partial charge in [-0.1, -0.05) is 0 Å². The summed E-state index contributed by atoms with van der Waals surface area (Å²) in [6.45, 7) is 1.25. The highest BCUT2D eigenvalue weighted by atomic mass is 32.2. The van der Waals surface area contributed by atoms with Gasteiger partial charge in [-0.2, -0.15) is 13.2 Å². The highest BCUT2D eigenvalue weighted by molar-refractivity contribution is 7.99. The number of carbonyl (C=O) groups is 3. The third kappa shape index (κ3) is 4.69. The van der Waals surface area contributed by atoms with Gasteiger partial charge < -0.3 is 0 Å². The van der Waals surface area contributed by atoms with Gasteiger partial charge in [-0.3, -0.25) is 14.4 Å². The van der Waals surface area contributed by atoms with Crippen molar-refractivity contribution in [1.82, 2.24) is 0 Å². The molecule has 0 N–H and O–H groups in total. The van der Waals surface area contributed by atoms with Crippen LogP contribution < -0.4 is 0 Å². The first-order valence-electron chi connectivity index (χ1n) is 7.54. The molecule has 24 heavy (non-hydrogen) atoms. The van der Waals surface area contributed by atoms with Crippen molar-refractivity contribution in [3.63, 3.8) is 0 Å². The molecule has 1 fully saturated rings. The molecule has 0 unspecified atom stereocenters. The van der Waals surface area contributed by atoms with Gasteiger partial charge in [0.2, 0.25) is 0 Å². The second-order valence-corrected chi connectivity index (χ2v) is 7.08. The van der Waals surface area contributed by atoms with Crippen LogP contribution in [0.15, 0.2) is 29.2 Å². The monoisotopic (exact) mass is 358 g/mol. The zero-order valence-electron chi connectivity index (χ0n) is 13.1. The summed E-state index contributed by atoms with van der Waals surface area (Å²) in [4.78, 5) is 35.7. The van der Waals surface area contributed by atoms with Gasteiger partial charge >= 0.3 is 6.18 Å². The fourth-order valence-electron chi connectivity index (χ4n) is 2.80. The van der Waals surface area contributed by atoms with Gasteiger partial charge in [0.25, 0.3) is 0 Å². The number of carbonyl (C=O) groups excluding carboxylic acids is 3. The normalized spacial score (nSPS) is 21.8. The molecule has 2 rings (SSSR count). The number of hydrogen-bond acceptors (Lipinski definition) is 4. The van der Waals surface area contributed by atoms with E-state index in [1.54, 1.807) is 0 Å². The van der Waals surface area contributed by atoms with Crippen LogP contribution in [0.3, 0.4) is 0 Å². The number of ketones is 3. The van der Waals surface area contributed by atoms with Crippen LogP contribution in [0.5, 0.6) is 0 Å². The van der Waals surface area contributed by atoms with Crippen molar-refractivity contribution in [2.75, 3.05) is 5.75 Å². The van der Waals surface area contributed by atoms with Crippen molar-refractivity contribution < 1.29 is 27.6 Å². The SMILES string of the molecule is CC(=O)C1C(=O)CC(CCSc2ccc(C(F)(F)F)cc2)CC1=O. The highest BCUT2D eigenvalue weighted by Crippen LogP contribution is 2.32. The fraction of sp³-hybridized carbons (Fsp3) is 0.471. The van der Waals surface area contributed by atoms with Crippen LogP contribution in [-0.2, 0) is 20.6 Å². The predicted molar refractivity (Wildman–Crippen MR) is 83.7 cm³/mol. The van der Waals surface area contributed by atoms with Crippen LogP contribution in [0, 0.1) is 11.8 Å². The minimum atomic E-state index is -4.35. The van der Waals surface area contributed by atoms with E-state index in [9.17, 15) is 27.6 Å². The molecule has 1 aromatic rings. The first-order chi connectivity index (χ1) is 11.2. The van der Waals surface area contributed by atoms with Crippen molar-refractivity contribution >= 4 is 29.1 Å². The van der Waals surface area contributed by atoms with Crippen LogP contribution in [0.4, 0.5) is 13.2 Å². The number of hydrogen-bond donors (Lipinski definition) is 0. The molecule has 0 saturated heterocycles. The van der Waals surface area contributed by atoms with E-state index in [0.717, 1.165) is 12.1 Å². The average Bonchev–Trinajstić information content (AvgIpc) is 2.45. The van der Waals surface area contributed by atoms with Gasteiger partial charge in [0, 0.05) is 17.7 Å². The highest BCUT2D eigenvalue weighted by Gasteiger charge is 2.37. The lowest BCUT2D eigenvalue weighted by molar-refractivity contribution is -0.143. The summed E-state index contributed by atoms with van der Waals surface area (Å²) in [6.07, 6.45) is -3.32. The summed E-state index contributed by atoms with van der Waals surface area (Å²) in [6, 6.07) is 4.90. The maximum atomic E-state index is 12.5. The first kappa shape index (κ1) is 18.7. The summed E-state index contributed by atoms with van der Waals surface area (Å²) in [5.41, 5.74) is -0.689. The van der Waals surface area contributed by atoms with E-state index < -0.39 is 23.4 Å². The molecule has 0 radical (unpaired) electrons. The van der Waals surface area contributed by atoms with E-state index >= 15 is 0 Å². The number of benzene rings is 1. The summed E-state index contributed by atoms with van der Waals surface area (Å²) in [5, 5.41) is 0. The van der Waals surface area contributed by atoms with Gasteiger partial charge in [0.15, 0.2) is 11.6 Å². The van der Waals surface area contributed by atoms with Crippen molar-refractivity contribution in [1.29, 1.82) is 0 Å². The smallest absolute Gasteiger partial charge is 0.299 e. The van der Waals surface area contributed by atoms with E-state index in [-0.39, 0.29) is 30.3 Å². The number of thioether (sulfide) groups is 1. The zero-order chi connectivity index (χ0) is 17.9. The average molecular weight is 358 g/mol. The van der Waals surface area contributed by atoms with Crippen LogP contribution in [0.2, 0.25) is 0 Å². The number of rotatable bonds is 5. The molecule has 130 valence electrons. The lowest BCUT2D eigenvalue weighted by Crippen LogP contribution is -2.37. The maximum absolute atomic E-state index is 12.5. The van der Waals surface area contributed by atoms with Crippen LogP contribution >= 0.6 is 11.8 Å². The molecule has 0 amide bonds. The summed E-state index contributed by atoms with van der Waals surface area (Å²) >= 11 is 1.39. The van der Waals surface area contributed by atoms with Crippen molar-refractivity contribution in [2.24, 2.45) is 11.8 Å². The van der Waals surface area contributed by atoms with Gasteiger partial charge in [-0.25, -0.2) is 0 Å². The Bertz CT molecular complexity index is 619. The fourth-order valence-corrected chi connectivity index (χ4v) is 3.81. The van der Waals surface area contributed by atoms with E-state index in [4.69, 9.17) is 0 Å². The van der Waals surface area contributed by atoms with E-state index in [2.05, 4.69) is 0 Å². The summed E-state index contributed by atoms with van der Waals surface area (Å²) < 4.78 is 37.4. The second kappa shape index (κ2) is 7.51. The molecular formula is C17H17F3O3S. The second-order valence-electron chi connectivity index (χ2n) is 5.91. The Morgan fingerprint density at radius 3 is 2.12 bits per heavy atom. The Labute approximate surface area is 142 Å². The van der Waals surface area contributed by atoms with E-state index in [0.29, 0.717) is 17.1 Å². The first-order valence-corrected chi connectivity index (χ1v) is 8.53. The summed E-state index contributed by atoms with van der Waals surface area (Å²) in [7, 11) is 0. The minimum absolute atomic E-state index is 0.0949. The number of halogens is 3. The van der Waals surface area contributed by atoms with Gasteiger partial charge in [0.05, 0.1) is 5.56 Å². The topological polar surface area (TPSA) is 51.2 Å². The van der Waals surface area contributed by atoms with Gasteiger partial charge in [-0.05, 0) is 49.3 Å². The quantitative estimate of drug-likeness (QED) is 0.591. The van der Waals surface area contributed by atoms with Crippen molar-refractivity contribution in [3.05, 3.63) is 29.8 Å². The molecule has 1 aliphatic rings. The molecule has 1 aromatic carbocycles. The molecule has 7 heteroatoms.